The normalized spacial score (nSPS) is 46.6. The van der Waals surface area contributed by atoms with E-state index >= 15 is 0 Å². The van der Waals surface area contributed by atoms with Crippen molar-refractivity contribution < 1.29 is 14.7 Å². The first-order chi connectivity index (χ1) is 11.7. The Labute approximate surface area is 150 Å². The first-order valence-corrected chi connectivity index (χ1v) is 9.89. The van der Waals surface area contributed by atoms with E-state index in [0.29, 0.717) is 24.2 Å². The van der Waals surface area contributed by atoms with Crippen molar-refractivity contribution in [3.8, 4) is 0 Å². The molecule has 3 fully saturated rings. The van der Waals surface area contributed by atoms with Crippen LogP contribution in [0.15, 0.2) is 11.3 Å². The van der Waals surface area contributed by atoms with Crippen LogP contribution in [-0.4, -0.2) is 28.9 Å². The molecule has 0 aromatic rings. The molecule has 3 aliphatic carbocycles. The van der Waals surface area contributed by atoms with Gasteiger partial charge in [0.05, 0.1) is 5.92 Å². The highest BCUT2D eigenvalue weighted by Crippen LogP contribution is 2.66. The van der Waals surface area contributed by atoms with Crippen LogP contribution in [0, 0.1) is 34.5 Å². The number of carbonyl (C=O) groups excluding carboxylic acids is 1. The van der Waals surface area contributed by atoms with Gasteiger partial charge in [-0.2, -0.15) is 0 Å². The summed E-state index contributed by atoms with van der Waals surface area (Å²) in [6, 6.07) is 0. The number of carboxylic acids is 1. The van der Waals surface area contributed by atoms with Crippen molar-refractivity contribution in [1.29, 1.82) is 0 Å². The Balaban J connectivity index is 1.74. The molecule has 1 saturated heterocycles. The summed E-state index contributed by atoms with van der Waals surface area (Å²) in [4.78, 5) is 26.0. The summed E-state index contributed by atoms with van der Waals surface area (Å²) in [6.07, 6.45) is 6.67. The van der Waals surface area contributed by atoms with E-state index in [1.807, 2.05) is 11.9 Å². The molecular formula is C21H31NO3. The minimum absolute atomic E-state index is 0.0441. The molecule has 4 aliphatic rings. The molecule has 1 amide bonds. The van der Waals surface area contributed by atoms with Crippen LogP contribution < -0.4 is 0 Å². The molecule has 4 rings (SSSR count). The Hall–Kier alpha value is -1.32. The summed E-state index contributed by atoms with van der Waals surface area (Å²) in [6.45, 7) is 6.82. The quantitative estimate of drug-likeness (QED) is 0.779. The van der Waals surface area contributed by atoms with E-state index in [1.165, 1.54) is 11.3 Å². The fraction of sp³-hybridized carbons (Fsp3) is 0.810. The van der Waals surface area contributed by atoms with Crippen LogP contribution in [0.5, 0.6) is 0 Å². The van der Waals surface area contributed by atoms with Crippen molar-refractivity contribution in [2.45, 2.75) is 65.7 Å². The molecule has 0 aromatic heterocycles. The molecular weight excluding hydrogens is 314 g/mol. The van der Waals surface area contributed by atoms with E-state index in [-0.39, 0.29) is 22.7 Å². The predicted molar refractivity (Wildman–Crippen MR) is 95.6 cm³/mol. The number of likely N-dealkylation sites (tertiary alicyclic amines) is 1. The number of rotatable bonds is 1. The summed E-state index contributed by atoms with van der Waals surface area (Å²) in [7, 11) is 1.95. The Bertz CT molecular complexity index is 668. The van der Waals surface area contributed by atoms with Crippen molar-refractivity contribution >= 4 is 11.9 Å². The van der Waals surface area contributed by atoms with Gasteiger partial charge in [0.1, 0.15) is 0 Å². The lowest BCUT2D eigenvalue weighted by Crippen LogP contribution is -2.54. The summed E-state index contributed by atoms with van der Waals surface area (Å²) in [5.41, 5.74) is 2.68. The second-order valence-corrected chi connectivity index (χ2v) is 9.59. The molecule has 4 heteroatoms. The third-order valence-electron chi connectivity index (χ3n) is 8.61. The van der Waals surface area contributed by atoms with Gasteiger partial charge in [0.15, 0.2) is 0 Å². The zero-order chi connectivity index (χ0) is 18.1. The van der Waals surface area contributed by atoms with Crippen molar-refractivity contribution in [2.24, 2.45) is 34.5 Å². The van der Waals surface area contributed by atoms with Gasteiger partial charge in [0.25, 0.3) is 0 Å². The van der Waals surface area contributed by atoms with Crippen LogP contribution in [0.1, 0.15) is 65.7 Å². The van der Waals surface area contributed by atoms with E-state index < -0.39 is 5.97 Å². The largest absolute Gasteiger partial charge is 0.481 e. The Morgan fingerprint density at radius 3 is 2.56 bits per heavy atom. The van der Waals surface area contributed by atoms with Gasteiger partial charge >= 0.3 is 5.97 Å². The molecule has 2 saturated carbocycles. The fourth-order valence-corrected chi connectivity index (χ4v) is 7.51. The van der Waals surface area contributed by atoms with Gasteiger partial charge in [-0.3, -0.25) is 9.59 Å². The molecule has 6 atom stereocenters. The van der Waals surface area contributed by atoms with Gasteiger partial charge < -0.3 is 10.0 Å². The molecule has 1 N–H and O–H groups in total. The number of allylic oxidation sites excluding steroid dienone is 2. The molecule has 0 spiro atoms. The number of hydrogen-bond acceptors (Lipinski definition) is 2. The average molecular weight is 345 g/mol. The maximum Gasteiger partial charge on any atom is 0.307 e. The number of nitrogens with zero attached hydrogens (tertiary/aromatic N) is 1. The summed E-state index contributed by atoms with van der Waals surface area (Å²) in [5.74, 6) is 1.17. The van der Waals surface area contributed by atoms with Crippen LogP contribution in [0.2, 0.25) is 0 Å². The van der Waals surface area contributed by atoms with Crippen molar-refractivity contribution in [1.82, 2.24) is 4.90 Å². The first kappa shape index (κ1) is 17.1. The van der Waals surface area contributed by atoms with Crippen LogP contribution >= 0.6 is 0 Å². The number of carboxylic acid groups (broad SMARTS) is 1. The van der Waals surface area contributed by atoms with Crippen molar-refractivity contribution in [3.05, 3.63) is 11.3 Å². The number of hydrogen-bond donors (Lipinski definition) is 1. The predicted octanol–water partition coefficient (Wildman–Crippen LogP) is 4.07. The fourth-order valence-electron chi connectivity index (χ4n) is 7.51. The van der Waals surface area contributed by atoms with E-state index in [0.717, 1.165) is 38.5 Å². The zero-order valence-corrected chi connectivity index (χ0v) is 16.0. The topological polar surface area (TPSA) is 57.6 Å². The summed E-state index contributed by atoms with van der Waals surface area (Å²) < 4.78 is 0. The maximum absolute atomic E-state index is 12.3. The molecule has 1 aliphatic heterocycles. The van der Waals surface area contributed by atoms with E-state index in [9.17, 15) is 14.7 Å². The van der Waals surface area contributed by atoms with Gasteiger partial charge in [0, 0.05) is 24.6 Å². The summed E-state index contributed by atoms with van der Waals surface area (Å²) in [5, 5.41) is 9.71. The molecule has 138 valence electrons. The number of carbonyl (C=O) groups is 2. The smallest absolute Gasteiger partial charge is 0.307 e. The van der Waals surface area contributed by atoms with E-state index in [1.54, 1.807) is 0 Å². The molecule has 4 unspecified atom stereocenters. The van der Waals surface area contributed by atoms with Crippen LogP contribution in [0.4, 0.5) is 0 Å². The van der Waals surface area contributed by atoms with Crippen molar-refractivity contribution in [3.63, 3.8) is 0 Å². The Morgan fingerprint density at radius 2 is 1.88 bits per heavy atom. The molecule has 4 nitrogen and oxygen atoms in total. The van der Waals surface area contributed by atoms with E-state index in [4.69, 9.17) is 0 Å². The standard InChI is InChI=1S/C21H31NO3/c1-12-11-13-14-5-6-16(19(24)25)20(14,2)9-7-15(13)21(3)10-8-17(23)22(4)18(12)21/h13-16H,5-11H2,1-4H3,(H,24,25)/t13?,14?,15?,16?,20-,21+/m0/s1. The Kier molecular flexibility index (Phi) is 3.66. The molecule has 0 radical (unpaired) electrons. The average Bonchev–Trinajstić information content (AvgIpc) is 2.89. The minimum atomic E-state index is -0.596. The lowest BCUT2D eigenvalue weighted by atomic mass is 9.48. The zero-order valence-electron chi connectivity index (χ0n) is 16.0. The number of piperidine rings is 1. The lowest BCUT2D eigenvalue weighted by Gasteiger charge is -2.59. The van der Waals surface area contributed by atoms with Gasteiger partial charge in [-0.05, 0) is 68.6 Å². The van der Waals surface area contributed by atoms with Gasteiger partial charge in [-0.1, -0.05) is 19.4 Å². The van der Waals surface area contributed by atoms with Crippen LogP contribution in [-0.2, 0) is 9.59 Å². The monoisotopic (exact) mass is 345 g/mol. The first-order valence-electron chi connectivity index (χ1n) is 9.89. The number of aliphatic carboxylic acids is 1. The molecule has 1 heterocycles. The van der Waals surface area contributed by atoms with Gasteiger partial charge in [-0.25, -0.2) is 0 Å². The second kappa shape index (κ2) is 5.34. The third kappa shape index (κ3) is 2.12. The minimum Gasteiger partial charge on any atom is -0.481 e. The molecule has 25 heavy (non-hydrogen) atoms. The van der Waals surface area contributed by atoms with E-state index in [2.05, 4.69) is 20.8 Å². The summed E-state index contributed by atoms with van der Waals surface area (Å²) >= 11 is 0. The maximum atomic E-state index is 12.3. The van der Waals surface area contributed by atoms with Crippen molar-refractivity contribution in [2.75, 3.05) is 7.05 Å². The van der Waals surface area contributed by atoms with Crippen LogP contribution in [0.3, 0.4) is 0 Å². The highest BCUT2D eigenvalue weighted by molar-refractivity contribution is 5.80. The third-order valence-corrected chi connectivity index (χ3v) is 8.61. The highest BCUT2D eigenvalue weighted by Gasteiger charge is 2.61. The number of amides is 1. The number of fused-ring (bicyclic) bond motifs is 5. The molecule has 0 aromatic carbocycles. The Morgan fingerprint density at radius 1 is 1.16 bits per heavy atom. The lowest BCUT2D eigenvalue weighted by molar-refractivity contribution is -0.150. The SMILES string of the molecule is CC1=C2N(C)C(=O)CC[C@]2(C)C2CC[C@]3(C)C(C(=O)O)CCC3C2C1. The second-order valence-electron chi connectivity index (χ2n) is 9.59. The molecule has 0 bridgehead atoms. The van der Waals surface area contributed by atoms with Gasteiger partial charge in [-0.15, -0.1) is 0 Å². The van der Waals surface area contributed by atoms with Crippen LogP contribution in [0.25, 0.3) is 0 Å². The highest BCUT2D eigenvalue weighted by atomic mass is 16.4. The van der Waals surface area contributed by atoms with Gasteiger partial charge in [0.2, 0.25) is 5.91 Å².